The predicted octanol–water partition coefficient (Wildman–Crippen LogP) is 6.56. The number of thioether (sulfide) groups is 1. The van der Waals surface area contributed by atoms with E-state index in [0.29, 0.717) is 14.9 Å². The van der Waals surface area contributed by atoms with Crippen molar-refractivity contribution in [1.29, 1.82) is 0 Å². The molecule has 5 nitrogen and oxygen atoms in total. The monoisotopic (exact) mass is 512 g/mol. The molecule has 1 N–H and O–H groups in total. The molecule has 0 bridgehead atoms. The Hall–Kier alpha value is -2.68. The number of amides is 1. The Morgan fingerprint density at radius 1 is 0.971 bits per heavy atom. The maximum Gasteiger partial charge on any atom is 0.341 e. The second kappa shape index (κ2) is 12.7. The molecule has 0 fully saturated rings. The van der Waals surface area contributed by atoms with E-state index in [2.05, 4.69) is 17.4 Å². The van der Waals surface area contributed by atoms with Crippen molar-refractivity contribution in [3.05, 3.63) is 65.5 Å². The van der Waals surface area contributed by atoms with Gasteiger partial charge in [0.2, 0.25) is 5.91 Å². The summed E-state index contributed by atoms with van der Waals surface area (Å²) in [7, 11) is 0. The molecule has 0 atom stereocenters. The third kappa shape index (κ3) is 6.46. The molecule has 178 valence electrons. The normalized spacial score (nSPS) is 10.6. The lowest BCUT2D eigenvalue weighted by atomic mass is 9.99. The van der Waals surface area contributed by atoms with Crippen molar-refractivity contribution >= 4 is 56.5 Å². The van der Waals surface area contributed by atoms with Crippen molar-refractivity contribution in [2.45, 2.75) is 20.8 Å². The summed E-state index contributed by atoms with van der Waals surface area (Å²) in [5, 5.41) is 5.26. The van der Waals surface area contributed by atoms with Gasteiger partial charge < -0.3 is 15.0 Å². The largest absolute Gasteiger partial charge is 0.462 e. The number of nitrogens with zero attached hydrogens (tertiary/aromatic N) is 1. The number of benzene rings is 2. The highest BCUT2D eigenvalue weighted by Crippen LogP contribution is 2.37. The molecule has 3 aromatic rings. The summed E-state index contributed by atoms with van der Waals surface area (Å²) >= 11 is 8.05. The van der Waals surface area contributed by atoms with E-state index in [1.165, 1.54) is 23.1 Å². The maximum atomic E-state index is 12.8. The standard InChI is InChI=1S/C26H28N2O3S3/c1-4-28(5-2)26(32)34-17-22(29)27-24-23(25(30)31-6-3)21(16-33-24)20-14-12-19(13-15-20)18-10-8-7-9-11-18/h7-16H,4-6,17H2,1-3H3,(H,27,29). The fourth-order valence-corrected chi connectivity index (χ4v) is 5.58. The molecule has 0 spiro atoms. The van der Waals surface area contributed by atoms with Gasteiger partial charge in [-0.05, 0) is 37.5 Å². The highest BCUT2D eigenvalue weighted by atomic mass is 32.2. The van der Waals surface area contributed by atoms with Crippen LogP contribution >= 0.6 is 35.3 Å². The highest BCUT2D eigenvalue weighted by Gasteiger charge is 2.23. The van der Waals surface area contributed by atoms with Crippen molar-refractivity contribution < 1.29 is 14.3 Å². The summed E-state index contributed by atoms with van der Waals surface area (Å²) in [4.78, 5) is 27.5. The van der Waals surface area contributed by atoms with Crippen LogP contribution in [0, 0.1) is 0 Å². The minimum Gasteiger partial charge on any atom is -0.462 e. The molecule has 1 heterocycles. The number of nitrogens with one attached hydrogen (secondary N) is 1. The number of thiocarbonyl (C=S) groups is 1. The van der Waals surface area contributed by atoms with Crippen molar-refractivity contribution in [3.8, 4) is 22.3 Å². The maximum absolute atomic E-state index is 12.8. The van der Waals surface area contributed by atoms with Crippen molar-refractivity contribution in [2.75, 3.05) is 30.8 Å². The van der Waals surface area contributed by atoms with Crippen LogP contribution in [-0.2, 0) is 9.53 Å². The first-order chi connectivity index (χ1) is 16.5. The molecule has 0 aliphatic carbocycles. The van der Waals surface area contributed by atoms with E-state index >= 15 is 0 Å². The number of ether oxygens (including phenoxy) is 1. The van der Waals surface area contributed by atoms with Crippen molar-refractivity contribution in [2.24, 2.45) is 0 Å². The molecule has 0 saturated heterocycles. The molecule has 0 unspecified atom stereocenters. The van der Waals surface area contributed by atoms with E-state index < -0.39 is 5.97 Å². The Labute approximate surface area is 214 Å². The second-order valence-corrected chi connectivity index (χ2v) is 9.78. The predicted molar refractivity (Wildman–Crippen MR) is 148 cm³/mol. The van der Waals surface area contributed by atoms with Crippen LogP contribution in [0.15, 0.2) is 60.0 Å². The average molecular weight is 513 g/mol. The van der Waals surface area contributed by atoms with Gasteiger partial charge in [-0.15, -0.1) is 11.3 Å². The lowest BCUT2D eigenvalue weighted by Crippen LogP contribution is -2.28. The second-order valence-electron chi connectivity index (χ2n) is 7.29. The van der Waals surface area contributed by atoms with Gasteiger partial charge in [-0.2, -0.15) is 0 Å². The quantitative estimate of drug-likeness (QED) is 0.259. The van der Waals surface area contributed by atoms with Crippen molar-refractivity contribution in [3.63, 3.8) is 0 Å². The van der Waals surface area contributed by atoms with Crippen LogP contribution in [0.2, 0.25) is 0 Å². The molecule has 0 aliphatic rings. The first kappa shape index (κ1) is 25.9. The van der Waals surface area contributed by atoms with E-state index in [-0.39, 0.29) is 18.3 Å². The number of anilines is 1. The third-order valence-corrected chi connectivity index (χ3v) is 7.59. The summed E-state index contributed by atoms with van der Waals surface area (Å²) in [5.74, 6) is -0.484. The van der Waals surface area contributed by atoms with Gasteiger partial charge in [0.1, 0.15) is 14.9 Å². The Bertz CT molecular complexity index is 1120. The summed E-state index contributed by atoms with van der Waals surface area (Å²) < 4.78 is 6.00. The number of hydrogen-bond donors (Lipinski definition) is 1. The van der Waals surface area contributed by atoms with Gasteiger partial charge in [-0.3, -0.25) is 4.79 Å². The minimum absolute atomic E-state index is 0.177. The molecule has 0 saturated carbocycles. The zero-order valence-corrected chi connectivity index (χ0v) is 21.9. The van der Waals surface area contributed by atoms with Gasteiger partial charge in [0.05, 0.1) is 12.4 Å². The summed E-state index contributed by atoms with van der Waals surface area (Å²) in [6.45, 7) is 7.68. The number of carbonyl (C=O) groups excluding carboxylic acids is 2. The first-order valence-corrected chi connectivity index (χ1v) is 13.4. The molecule has 8 heteroatoms. The molecule has 2 aromatic carbocycles. The molecule has 0 radical (unpaired) electrons. The van der Waals surface area contributed by atoms with Crippen LogP contribution in [0.4, 0.5) is 5.00 Å². The van der Waals surface area contributed by atoms with Gasteiger partial charge in [0, 0.05) is 24.0 Å². The van der Waals surface area contributed by atoms with E-state index in [0.717, 1.165) is 35.3 Å². The molecular weight excluding hydrogens is 484 g/mol. The van der Waals surface area contributed by atoms with Gasteiger partial charge in [0.25, 0.3) is 0 Å². The summed E-state index contributed by atoms with van der Waals surface area (Å²) in [6.07, 6.45) is 0. The number of thiophene rings is 1. The molecule has 0 aliphatic heterocycles. The molecular formula is C26H28N2O3S3. The fourth-order valence-electron chi connectivity index (χ4n) is 3.40. The Morgan fingerprint density at radius 3 is 2.21 bits per heavy atom. The lowest BCUT2D eigenvalue weighted by Gasteiger charge is -2.20. The van der Waals surface area contributed by atoms with Crippen molar-refractivity contribution in [1.82, 2.24) is 4.90 Å². The zero-order chi connectivity index (χ0) is 24.5. The van der Waals surface area contributed by atoms with Crippen LogP contribution < -0.4 is 5.32 Å². The lowest BCUT2D eigenvalue weighted by molar-refractivity contribution is -0.113. The van der Waals surface area contributed by atoms with E-state index in [4.69, 9.17) is 17.0 Å². The minimum atomic E-state index is -0.451. The summed E-state index contributed by atoms with van der Waals surface area (Å²) in [5.41, 5.74) is 4.22. The van der Waals surface area contributed by atoms with Gasteiger partial charge >= 0.3 is 5.97 Å². The fraction of sp³-hybridized carbons (Fsp3) is 0.269. The van der Waals surface area contributed by atoms with Crippen LogP contribution in [-0.4, -0.2) is 46.5 Å². The molecule has 1 amide bonds. The number of esters is 1. The third-order valence-electron chi connectivity index (χ3n) is 5.17. The molecule has 34 heavy (non-hydrogen) atoms. The van der Waals surface area contributed by atoms with Gasteiger partial charge in [-0.25, -0.2) is 4.79 Å². The topological polar surface area (TPSA) is 58.6 Å². The SMILES string of the molecule is CCOC(=O)c1c(-c2ccc(-c3ccccc3)cc2)csc1NC(=O)CSC(=S)N(CC)CC. The highest BCUT2D eigenvalue weighted by molar-refractivity contribution is 8.23. The molecule has 3 rings (SSSR count). The van der Waals surface area contributed by atoms with Gasteiger partial charge in [-0.1, -0.05) is 78.6 Å². The first-order valence-electron chi connectivity index (χ1n) is 11.1. The van der Waals surface area contributed by atoms with Crippen LogP contribution in [0.3, 0.4) is 0 Å². The van der Waals surface area contributed by atoms with Crippen LogP contribution in [0.5, 0.6) is 0 Å². The Balaban J connectivity index is 1.81. The van der Waals surface area contributed by atoms with Gasteiger partial charge in [0.15, 0.2) is 0 Å². The van der Waals surface area contributed by atoms with Crippen LogP contribution in [0.25, 0.3) is 22.3 Å². The number of hydrogen-bond acceptors (Lipinski definition) is 6. The molecule has 1 aromatic heterocycles. The Kier molecular flexibility index (Phi) is 9.68. The van der Waals surface area contributed by atoms with Crippen LogP contribution in [0.1, 0.15) is 31.1 Å². The number of rotatable bonds is 9. The van der Waals surface area contributed by atoms with E-state index in [1.807, 2.05) is 66.6 Å². The summed E-state index contributed by atoms with van der Waals surface area (Å²) in [6, 6.07) is 18.1. The van der Waals surface area contributed by atoms with E-state index in [1.54, 1.807) is 6.92 Å². The zero-order valence-electron chi connectivity index (χ0n) is 19.5. The smallest absolute Gasteiger partial charge is 0.341 e. The number of carbonyl (C=O) groups is 2. The van der Waals surface area contributed by atoms with E-state index in [9.17, 15) is 9.59 Å². The Morgan fingerprint density at radius 2 is 1.59 bits per heavy atom. The average Bonchev–Trinajstić information content (AvgIpc) is 3.27.